The van der Waals surface area contributed by atoms with Crippen molar-refractivity contribution in [1.82, 2.24) is 9.91 Å². The van der Waals surface area contributed by atoms with E-state index in [1.165, 1.54) is 16.2 Å². The van der Waals surface area contributed by atoms with E-state index in [1.54, 1.807) is 25.2 Å². The van der Waals surface area contributed by atoms with Crippen LogP contribution in [0.15, 0.2) is 70.4 Å². The van der Waals surface area contributed by atoms with E-state index in [0.29, 0.717) is 28.7 Å². The number of halogens is 1. The van der Waals surface area contributed by atoms with E-state index >= 15 is 0 Å². The predicted molar refractivity (Wildman–Crippen MR) is 120 cm³/mol. The van der Waals surface area contributed by atoms with Gasteiger partial charge in [-0.05, 0) is 35.9 Å². The first-order valence-electron chi connectivity index (χ1n) is 10.3. The van der Waals surface area contributed by atoms with Gasteiger partial charge in [-0.1, -0.05) is 35.9 Å². The molecule has 0 saturated carbocycles. The maximum atomic E-state index is 13.3. The third kappa shape index (κ3) is 4.05. The first-order valence-corrected chi connectivity index (χ1v) is 10.7. The number of hydrogen-bond acceptors (Lipinski definition) is 6. The fraction of sp³-hybridized carbons (Fsp3) is 0.208. The summed E-state index contributed by atoms with van der Waals surface area (Å²) in [5.41, 5.74) is 2.30. The standard InChI is InChI=1S/C24H20ClN3O5/c1-27(24(30)21-7-4-10-31-21)13-23(29)28-19(15-8-9-20-22(11-15)33-14-32-20)12-18(26-28)16-5-2-3-6-17(16)25/h2-11,19H,12-14H2,1H3. The largest absolute Gasteiger partial charge is 0.459 e. The van der Waals surface area contributed by atoms with Gasteiger partial charge in [0, 0.05) is 24.1 Å². The highest BCUT2D eigenvalue weighted by molar-refractivity contribution is 6.34. The van der Waals surface area contributed by atoms with Gasteiger partial charge in [0.2, 0.25) is 6.79 Å². The van der Waals surface area contributed by atoms with Crippen LogP contribution in [0.2, 0.25) is 5.02 Å². The zero-order chi connectivity index (χ0) is 22.9. The zero-order valence-corrected chi connectivity index (χ0v) is 18.5. The van der Waals surface area contributed by atoms with Crippen molar-refractivity contribution in [1.29, 1.82) is 0 Å². The van der Waals surface area contributed by atoms with Gasteiger partial charge in [-0.2, -0.15) is 5.10 Å². The van der Waals surface area contributed by atoms with Crippen LogP contribution in [0.5, 0.6) is 11.5 Å². The molecule has 0 radical (unpaired) electrons. The maximum Gasteiger partial charge on any atom is 0.289 e. The van der Waals surface area contributed by atoms with Crippen LogP contribution in [-0.4, -0.2) is 47.8 Å². The van der Waals surface area contributed by atoms with Crippen LogP contribution in [0, 0.1) is 0 Å². The van der Waals surface area contributed by atoms with E-state index in [2.05, 4.69) is 5.10 Å². The second kappa shape index (κ2) is 8.63. The molecule has 1 aromatic heterocycles. The number of furan rings is 1. The van der Waals surface area contributed by atoms with Gasteiger partial charge in [0.15, 0.2) is 17.3 Å². The maximum absolute atomic E-state index is 13.3. The van der Waals surface area contributed by atoms with E-state index in [1.807, 2.05) is 36.4 Å². The van der Waals surface area contributed by atoms with Crippen LogP contribution in [0.1, 0.15) is 34.1 Å². The average molecular weight is 466 g/mol. The minimum Gasteiger partial charge on any atom is -0.459 e. The van der Waals surface area contributed by atoms with Crippen molar-refractivity contribution < 1.29 is 23.5 Å². The minimum atomic E-state index is -0.387. The summed E-state index contributed by atoms with van der Waals surface area (Å²) in [6.07, 6.45) is 1.88. The number of fused-ring (bicyclic) bond motifs is 1. The van der Waals surface area contributed by atoms with Gasteiger partial charge in [0.1, 0.15) is 6.54 Å². The number of likely N-dealkylation sites (N-methyl/N-ethyl adjacent to an activating group) is 1. The summed E-state index contributed by atoms with van der Waals surface area (Å²) in [7, 11) is 1.55. The van der Waals surface area contributed by atoms with Crippen molar-refractivity contribution in [2.45, 2.75) is 12.5 Å². The van der Waals surface area contributed by atoms with E-state index in [-0.39, 0.29) is 37.0 Å². The number of nitrogens with zero attached hydrogens (tertiary/aromatic N) is 3. The van der Waals surface area contributed by atoms with E-state index < -0.39 is 0 Å². The lowest BCUT2D eigenvalue weighted by molar-refractivity contribution is -0.133. The van der Waals surface area contributed by atoms with Gasteiger partial charge in [-0.3, -0.25) is 9.59 Å². The summed E-state index contributed by atoms with van der Waals surface area (Å²) >= 11 is 6.40. The van der Waals surface area contributed by atoms with Crippen molar-refractivity contribution in [3.05, 3.63) is 82.8 Å². The molecule has 0 spiro atoms. The smallest absolute Gasteiger partial charge is 0.289 e. The second-order valence-electron chi connectivity index (χ2n) is 7.74. The van der Waals surface area contributed by atoms with Gasteiger partial charge in [0.05, 0.1) is 18.0 Å². The molecule has 2 amide bonds. The van der Waals surface area contributed by atoms with Gasteiger partial charge in [-0.25, -0.2) is 5.01 Å². The molecule has 0 saturated heterocycles. The number of hydrogen-bond donors (Lipinski definition) is 0. The van der Waals surface area contributed by atoms with Crippen LogP contribution < -0.4 is 9.47 Å². The molecule has 1 unspecified atom stereocenters. The number of rotatable bonds is 5. The highest BCUT2D eigenvalue weighted by Gasteiger charge is 2.35. The number of carbonyl (C=O) groups excluding carboxylic acids is 2. The summed E-state index contributed by atoms with van der Waals surface area (Å²) < 4.78 is 16.1. The van der Waals surface area contributed by atoms with Crippen molar-refractivity contribution in [2.24, 2.45) is 5.10 Å². The van der Waals surface area contributed by atoms with Crippen molar-refractivity contribution in [2.75, 3.05) is 20.4 Å². The van der Waals surface area contributed by atoms with Crippen molar-refractivity contribution in [3.63, 3.8) is 0 Å². The molecule has 33 heavy (non-hydrogen) atoms. The molecule has 168 valence electrons. The van der Waals surface area contributed by atoms with Gasteiger partial charge >= 0.3 is 0 Å². The van der Waals surface area contributed by atoms with Crippen molar-refractivity contribution in [3.8, 4) is 11.5 Å². The SMILES string of the molecule is CN(CC(=O)N1N=C(c2ccccc2Cl)CC1c1ccc2c(c1)OCO2)C(=O)c1ccco1. The molecular formula is C24H20ClN3O5. The average Bonchev–Trinajstić information content (AvgIpc) is 3.58. The highest BCUT2D eigenvalue weighted by Crippen LogP contribution is 2.39. The predicted octanol–water partition coefficient (Wildman–Crippen LogP) is 4.11. The molecule has 2 aliphatic heterocycles. The van der Waals surface area contributed by atoms with Crippen LogP contribution in [0.25, 0.3) is 0 Å². The molecule has 2 aromatic carbocycles. The Labute approximate surface area is 194 Å². The molecule has 0 fully saturated rings. The number of amides is 2. The Morgan fingerprint density at radius 3 is 2.73 bits per heavy atom. The summed E-state index contributed by atoms with van der Waals surface area (Å²) in [5, 5.41) is 6.60. The quantitative estimate of drug-likeness (QED) is 0.566. The molecule has 5 rings (SSSR count). The van der Waals surface area contributed by atoms with Crippen LogP contribution >= 0.6 is 11.6 Å². The third-order valence-electron chi connectivity index (χ3n) is 5.58. The Morgan fingerprint density at radius 2 is 1.94 bits per heavy atom. The van der Waals surface area contributed by atoms with Crippen LogP contribution in [0.3, 0.4) is 0 Å². The summed E-state index contributed by atoms with van der Waals surface area (Å²) in [5.74, 6) is 0.728. The van der Waals surface area contributed by atoms with E-state index in [0.717, 1.165) is 11.1 Å². The fourth-order valence-electron chi connectivity index (χ4n) is 3.91. The Morgan fingerprint density at radius 1 is 1.12 bits per heavy atom. The Kier molecular flexibility index (Phi) is 5.51. The van der Waals surface area contributed by atoms with E-state index in [9.17, 15) is 9.59 Å². The minimum absolute atomic E-state index is 0.160. The molecule has 3 aromatic rings. The first-order chi connectivity index (χ1) is 16.0. The molecule has 9 heteroatoms. The van der Waals surface area contributed by atoms with Crippen molar-refractivity contribution >= 4 is 29.1 Å². The number of benzene rings is 2. The highest BCUT2D eigenvalue weighted by atomic mass is 35.5. The monoisotopic (exact) mass is 465 g/mol. The lowest BCUT2D eigenvalue weighted by Gasteiger charge is -2.24. The molecule has 0 aliphatic carbocycles. The second-order valence-corrected chi connectivity index (χ2v) is 8.14. The lowest BCUT2D eigenvalue weighted by atomic mass is 9.98. The normalized spacial score (nSPS) is 16.6. The first kappa shape index (κ1) is 21.1. The molecule has 3 heterocycles. The Hall–Kier alpha value is -3.78. The van der Waals surface area contributed by atoms with Crippen LogP contribution in [-0.2, 0) is 4.79 Å². The van der Waals surface area contributed by atoms with E-state index in [4.69, 9.17) is 25.5 Å². The number of ether oxygens (including phenoxy) is 2. The fourth-order valence-corrected chi connectivity index (χ4v) is 4.16. The summed E-state index contributed by atoms with van der Waals surface area (Å²) in [6, 6.07) is 15.7. The molecule has 0 N–H and O–H groups in total. The Bertz CT molecular complexity index is 1240. The van der Waals surface area contributed by atoms with Gasteiger partial charge in [-0.15, -0.1) is 0 Å². The number of hydrazone groups is 1. The zero-order valence-electron chi connectivity index (χ0n) is 17.7. The lowest BCUT2D eigenvalue weighted by Crippen LogP contribution is -2.39. The topological polar surface area (TPSA) is 84.6 Å². The van der Waals surface area contributed by atoms with Gasteiger partial charge in [0.25, 0.3) is 11.8 Å². The molecular weight excluding hydrogens is 446 g/mol. The third-order valence-corrected chi connectivity index (χ3v) is 5.91. The number of carbonyl (C=O) groups is 2. The molecule has 0 bridgehead atoms. The summed E-state index contributed by atoms with van der Waals surface area (Å²) in [4.78, 5) is 27.2. The molecule has 1 atom stereocenters. The molecule has 8 nitrogen and oxygen atoms in total. The van der Waals surface area contributed by atoms with Crippen LogP contribution in [0.4, 0.5) is 0 Å². The Balaban J connectivity index is 1.44. The summed E-state index contributed by atoms with van der Waals surface area (Å²) in [6.45, 7) is -0.00690. The molecule has 2 aliphatic rings. The van der Waals surface area contributed by atoms with Gasteiger partial charge < -0.3 is 18.8 Å².